The summed E-state index contributed by atoms with van der Waals surface area (Å²) in [4.78, 5) is 17.0. The second-order valence-electron chi connectivity index (χ2n) is 3.00. The van der Waals surface area contributed by atoms with E-state index in [0.717, 1.165) is 6.07 Å². The first-order chi connectivity index (χ1) is 6.90. The molecule has 1 aromatic heterocycles. The van der Waals surface area contributed by atoms with Gasteiger partial charge >= 0.3 is 6.18 Å². The number of nitrogens with one attached hydrogen (secondary N) is 1. The zero-order chi connectivity index (χ0) is 11.5. The minimum absolute atomic E-state index is 0.0141. The topological polar surface area (TPSA) is 71.8 Å². The second-order valence-corrected chi connectivity index (χ2v) is 3.00. The van der Waals surface area contributed by atoms with Crippen LogP contribution in [0.25, 0.3) is 0 Å². The molecule has 0 radical (unpaired) electrons. The van der Waals surface area contributed by atoms with E-state index < -0.39 is 18.2 Å². The molecule has 4 nitrogen and oxygen atoms in total. The van der Waals surface area contributed by atoms with Crippen LogP contribution < -0.4 is 11.3 Å². The molecule has 0 aliphatic heterocycles. The maximum Gasteiger partial charge on any atom is 0.389 e. The third-order valence-electron chi connectivity index (χ3n) is 1.70. The van der Waals surface area contributed by atoms with Gasteiger partial charge in [-0.3, -0.25) is 4.79 Å². The minimum atomic E-state index is -4.25. The largest absolute Gasteiger partial charge is 0.389 e. The molecule has 15 heavy (non-hydrogen) atoms. The molecule has 0 aromatic carbocycles. The molecule has 3 N–H and O–H groups in total. The van der Waals surface area contributed by atoms with E-state index in [9.17, 15) is 18.0 Å². The van der Waals surface area contributed by atoms with Crippen molar-refractivity contribution in [2.24, 2.45) is 5.73 Å². The number of H-pyrrole nitrogens is 1. The number of rotatable bonds is 3. The first-order valence-electron chi connectivity index (χ1n) is 4.26. The number of aromatic nitrogens is 2. The highest BCUT2D eigenvalue weighted by Gasteiger charge is 2.26. The normalized spacial score (nSPS) is 11.7. The number of alkyl halides is 3. The van der Waals surface area contributed by atoms with Crippen molar-refractivity contribution in [3.8, 4) is 0 Å². The van der Waals surface area contributed by atoms with Crippen LogP contribution in [-0.4, -0.2) is 16.1 Å². The summed E-state index contributed by atoms with van der Waals surface area (Å²) in [5.74, 6) is 0.0141. The Balaban J connectivity index is 2.77. The number of nitrogens with two attached hydrogens (primary N) is 1. The van der Waals surface area contributed by atoms with E-state index in [0.29, 0.717) is 0 Å². The molecule has 0 unspecified atom stereocenters. The Bertz CT molecular complexity index is 385. The molecule has 84 valence electrons. The molecular weight excluding hydrogens is 211 g/mol. The summed E-state index contributed by atoms with van der Waals surface area (Å²) in [5, 5.41) is 0. The van der Waals surface area contributed by atoms with E-state index in [1.165, 1.54) is 0 Å². The maximum absolute atomic E-state index is 11.9. The van der Waals surface area contributed by atoms with Gasteiger partial charge in [-0.15, -0.1) is 0 Å². The lowest BCUT2D eigenvalue weighted by atomic mass is 10.3. The summed E-state index contributed by atoms with van der Waals surface area (Å²) in [6.07, 6.45) is -5.60. The molecule has 1 rings (SSSR count). The molecule has 0 spiro atoms. The van der Waals surface area contributed by atoms with Crippen LogP contribution in [0.4, 0.5) is 13.2 Å². The lowest BCUT2D eigenvalue weighted by molar-refractivity contribution is -0.134. The first kappa shape index (κ1) is 11.7. The van der Waals surface area contributed by atoms with Gasteiger partial charge in [-0.25, -0.2) is 4.98 Å². The average Bonchev–Trinajstić information content (AvgIpc) is 2.13. The number of halogens is 3. The number of aryl methyl sites for hydroxylation is 1. The third kappa shape index (κ3) is 4.11. The van der Waals surface area contributed by atoms with Crippen molar-refractivity contribution in [3.63, 3.8) is 0 Å². The van der Waals surface area contributed by atoms with Crippen LogP contribution in [0.2, 0.25) is 0 Å². The van der Waals surface area contributed by atoms with Gasteiger partial charge in [0.15, 0.2) is 0 Å². The summed E-state index contributed by atoms with van der Waals surface area (Å²) in [7, 11) is 0. The average molecular weight is 221 g/mol. The van der Waals surface area contributed by atoms with Gasteiger partial charge in [0, 0.05) is 19.0 Å². The van der Waals surface area contributed by atoms with Crippen LogP contribution in [0, 0.1) is 0 Å². The Labute approximate surface area is 83.3 Å². The zero-order valence-electron chi connectivity index (χ0n) is 7.77. The Kier molecular flexibility index (Phi) is 3.46. The molecule has 0 bridgehead atoms. The first-order valence-corrected chi connectivity index (χ1v) is 4.26. The fourth-order valence-electron chi connectivity index (χ4n) is 1.05. The van der Waals surface area contributed by atoms with Gasteiger partial charge in [0.1, 0.15) is 5.82 Å². The van der Waals surface area contributed by atoms with Crippen LogP contribution in [0.5, 0.6) is 0 Å². The molecule has 0 aliphatic carbocycles. The number of nitrogens with zero attached hydrogens (tertiary/aromatic N) is 1. The Morgan fingerprint density at radius 3 is 2.67 bits per heavy atom. The maximum atomic E-state index is 11.9. The van der Waals surface area contributed by atoms with Crippen molar-refractivity contribution in [1.29, 1.82) is 0 Å². The summed E-state index contributed by atoms with van der Waals surface area (Å²) in [6, 6.07) is 1.16. The Hall–Kier alpha value is -1.37. The third-order valence-corrected chi connectivity index (χ3v) is 1.70. The second kappa shape index (κ2) is 4.43. The van der Waals surface area contributed by atoms with E-state index in [1.807, 2.05) is 0 Å². The van der Waals surface area contributed by atoms with Gasteiger partial charge in [0.2, 0.25) is 0 Å². The lowest BCUT2D eigenvalue weighted by Crippen LogP contribution is -2.17. The highest BCUT2D eigenvalue weighted by molar-refractivity contribution is 5.02. The Morgan fingerprint density at radius 1 is 1.47 bits per heavy atom. The Morgan fingerprint density at radius 2 is 2.13 bits per heavy atom. The molecule has 7 heteroatoms. The van der Waals surface area contributed by atoms with E-state index in [-0.39, 0.29) is 24.5 Å². The van der Waals surface area contributed by atoms with Gasteiger partial charge in [0.05, 0.1) is 12.1 Å². The molecule has 0 saturated carbocycles. The number of hydrogen-bond acceptors (Lipinski definition) is 3. The van der Waals surface area contributed by atoms with Crippen molar-refractivity contribution >= 4 is 0 Å². The molecule has 0 saturated heterocycles. The van der Waals surface area contributed by atoms with Crippen molar-refractivity contribution in [3.05, 3.63) is 27.9 Å². The molecule has 1 heterocycles. The van der Waals surface area contributed by atoms with E-state index >= 15 is 0 Å². The monoisotopic (exact) mass is 221 g/mol. The summed E-state index contributed by atoms with van der Waals surface area (Å²) in [5.41, 5.74) is 5.04. The zero-order valence-corrected chi connectivity index (χ0v) is 7.77. The highest BCUT2D eigenvalue weighted by Crippen LogP contribution is 2.20. The van der Waals surface area contributed by atoms with Crippen LogP contribution in [0.1, 0.15) is 17.9 Å². The molecule has 0 amide bonds. The van der Waals surface area contributed by atoms with Crippen molar-refractivity contribution in [2.45, 2.75) is 25.6 Å². The molecule has 0 fully saturated rings. The van der Waals surface area contributed by atoms with Gasteiger partial charge in [-0.2, -0.15) is 13.2 Å². The summed E-state index contributed by atoms with van der Waals surface area (Å²) >= 11 is 0. The van der Waals surface area contributed by atoms with Crippen LogP contribution in [-0.2, 0) is 13.0 Å². The highest BCUT2D eigenvalue weighted by atomic mass is 19.4. The minimum Gasteiger partial charge on any atom is -0.325 e. The van der Waals surface area contributed by atoms with Crippen molar-refractivity contribution < 1.29 is 13.2 Å². The molecule has 0 aliphatic rings. The predicted molar refractivity (Wildman–Crippen MR) is 47.1 cm³/mol. The van der Waals surface area contributed by atoms with Crippen LogP contribution in [0.15, 0.2) is 10.9 Å². The molecule has 0 atom stereocenters. The predicted octanol–water partition coefficient (Wildman–Crippen LogP) is 0.723. The van der Waals surface area contributed by atoms with Crippen LogP contribution >= 0.6 is 0 Å². The van der Waals surface area contributed by atoms with Crippen LogP contribution in [0.3, 0.4) is 0 Å². The van der Waals surface area contributed by atoms with Gasteiger partial charge in [0.25, 0.3) is 5.56 Å². The van der Waals surface area contributed by atoms with E-state index in [4.69, 9.17) is 5.73 Å². The van der Waals surface area contributed by atoms with E-state index in [1.54, 1.807) is 0 Å². The fraction of sp³-hybridized carbons (Fsp3) is 0.500. The molecular formula is C8H10F3N3O. The fourth-order valence-corrected chi connectivity index (χ4v) is 1.05. The molecule has 1 aromatic rings. The van der Waals surface area contributed by atoms with Gasteiger partial charge in [-0.1, -0.05) is 0 Å². The van der Waals surface area contributed by atoms with Crippen molar-refractivity contribution in [2.75, 3.05) is 0 Å². The van der Waals surface area contributed by atoms with Gasteiger partial charge < -0.3 is 10.7 Å². The number of hydrogen-bond donors (Lipinski definition) is 2. The number of aromatic amines is 1. The summed E-state index contributed by atoms with van der Waals surface area (Å²) in [6.45, 7) is 0.0307. The van der Waals surface area contributed by atoms with E-state index in [2.05, 4.69) is 9.97 Å². The lowest BCUT2D eigenvalue weighted by Gasteiger charge is -2.05. The standard InChI is InChI=1S/C8H10F3N3O/c9-8(10,11)2-1-6-13-5(4-12)3-7(15)14-6/h3H,1-2,4,12H2,(H,13,14,15). The van der Waals surface area contributed by atoms with Crippen molar-refractivity contribution in [1.82, 2.24) is 9.97 Å². The SMILES string of the molecule is NCc1cc(=O)[nH]c(CCC(F)(F)F)n1. The quantitative estimate of drug-likeness (QED) is 0.790. The summed E-state index contributed by atoms with van der Waals surface area (Å²) < 4.78 is 35.6. The van der Waals surface area contributed by atoms with Gasteiger partial charge in [-0.05, 0) is 0 Å². The smallest absolute Gasteiger partial charge is 0.325 e.